The molecule has 0 radical (unpaired) electrons. The van der Waals surface area contributed by atoms with Crippen molar-refractivity contribution in [1.82, 2.24) is 10.6 Å². The molecule has 0 saturated carbocycles. The van der Waals surface area contributed by atoms with E-state index in [0.717, 1.165) is 5.56 Å². The summed E-state index contributed by atoms with van der Waals surface area (Å²) in [5.41, 5.74) is 1.11. The van der Waals surface area contributed by atoms with Crippen molar-refractivity contribution in [2.24, 2.45) is 0 Å². The molecule has 0 spiro atoms. The standard InChI is InChI=1S/C16H20N2OS/c1-12-8-9-15(20-12)13(2)17-11-16(19)18-10-14-6-4-3-5-7-14/h3-9,13,17H,10-11H2,1-2H3,(H,18,19). The summed E-state index contributed by atoms with van der Waals surface area (Å²) >= 11 is 1.76. The topological polar surface area (TPSA) is 41.1 Å². The lowest BCUT2D eigenvalue weighted by molar-refractivity contribution is -0.120. The van der Waals surface area contributed by atoms with Crippen LogP contribution in [-0.4, -0.2) is 12.5 Å². The maximum atomic E-state index is 11.8. The highest BCUT2D eigenvalue weighted by molar-refractivity contribution is 7.12. The van der Waals surface area contributed by atoms with E-state index in [9.17, 15) is 4.79 Å². The third-order valence-corrected chi connectivity index (χ3v) is 4.27. The Balaban J connectivity index is 1.72. The van der Waals surface area contributed by atoms with Gasteiger partial charge in [0, 0.05) is 22.3 Å². The summed E-state index contributed by atoms with van der Waals surface area (Å²) in [4.78, 5) is 14.3. The van der Waals surface area contributed by atoms with Crippen LogP contribution >= 0.6 is 11.3 Å². The van der Waals surface area contributed by atoms with Gasteiger partial charge in [0.15, 0.2) is 0 Å². The molecule has 1 heterocycles. The largest absolute Gasteiger partial charge is 0.351 e. The van der Waals surface area contributed by atoms with E-state index in [1.807, 2.05) is 30.3 Å². The Bertz CT molecular complexity index is 551. The fourth-order valence-electron chi connectivity index (χ4n) is 1.89. The normalized spacial score (nSPS) is 12.1. The third-order valence-electron chi connectivity index (χ3n) is 3.09. The second kappa shape index (κ2) is 7.22. The van der Waals surface area contributed by atoms with Crippen molar-refractivity contribution >= 4 is 17.2 Å². The number of hydrogen-bond acceptors (Lipinski definition) is 3. The highest BCUT2D eigenvalue weighted by Crippen LogP contribution is 2.21. The minimum Gasteiger partial charge on any atom is -0.351 e. The highest BCUT2D eigenvalue weighted by atomic mass is 32.1. The van der Waals surface area contributed by atoms with Crippen molar-refractivity contribution in [2.75, 3.05) is 6.54 Å². The number of carbonyl (C=O) groups excluding carboxylic acids is 1. The molecule has 2 N–H and O–H groups in total. The predicted octanol–water partition coefficient (Wildman–Crippen LogP) is 3.02. The molecule has 106 valence electrons. The van der Waals surface area contributed by atoms with E-state index >= 15 is 0 Å². The number of aryl methyl sites for hydroxylation is 1. The summed E-state index contributed by atoms with van der Waals surface area (Å²) in [5.74, 6) is 0.0222. The Labute approximate surface area is 124 Å². The first kappa shape index (κ1) is 14.8. The van der Waals surface area contributed by atoms with E-state index in [-0.39, 0.29) is 11.9 Å². The molecule has 2 rings (SSSR count). The molecule has 0 saturated heterocycles. The number of hydrogen-bond donors (Lipinski definition) is 2. The predicted molar refractivity (Wildman–Crippen MR) is 83.8 cm³/mol. The van der Waals surface area contributed by atoms with E-state index in [1.54, 1.807) is 11.3 Å². The zero-order valence-electron chi connectivity index (χ0n) is 11.8. The van der Waals surface area contributed by atoms with Gasteiger partial charge in [0.05, 0.1) is 6.54 Å². The lowest BCUT2D eigenvalue weighted by Crippen LogP contribution is -2.34. The second-order valence-electron chi connectivity index (χ2n) is 4.81. The van der Waals surface area contributed by atoms with Gasteiger partial charge in [-0.05, 0) is 31.5 Å². The number of amides is 1. The Morgan fingerprint density at radius 2 is 1.95 bits per heavy atom. The summed E-state index contributed by atoms with van der Waals surface area (Å²) in [6, 6.07) is 14.3. The van der Waals surface area contributed by atoms with Crippen LogP contribution < -0.4 is 10.6 Å². The number of rotatable bonds is 6. The van der Waals surface area contributed by atoms with Crippen molar-refractivity contribution in [3.63, 3.8) is 0 Å². The first-order chi connectivity index (χ1) is 9.65. The van der Waals surface area contributed by atoms with Crippen LogP contribution in [0.2, 0.25) is 0 Å². The quantitative estimate of drug-likeness (QED) is 0.858. The van der Waals surface area contributed by atoms with Gasteiger partial charge in [-0.25, -0.2) is 0 Å². The van der Waals surface area contributed by atoms with Crippen molar-refractivity contribution in [1.29, 1.82) is 0 Å². The van der Waals surface area contributed by atoms with Gasteiger partial charge in [0.1, 0.15) is 0 Å². The molecule has 0 bridgehead atoms. The average Bonchev–Trinajstić information content (AvgIpc) is 2.90. The van der Waals surface area contributed by atoms with Gasteiger partial charge in [-0.2, -0.15) is 0 Å². The van der Waals surface area contributed by atoms with Gasteiger partial charge in [-0.15, -0.1) is 11.3 Å². The number of benzene rings is 1. The van der Waals surface area contributed by atoms with E-state index in [2.05, 4.69) is 36.6 Å². The van der Waals surface area contributed by atoms with E-state index in [4.69, 9.17) is 0 Å². The van der Waals surface area contributed by atoms with Gasteiger partial charge >= 0.3 is 0 Å². The lowest BCUT2D eigenvalue weighted by Gasteiger charge is -2.12. The number of carbonyl (C=O) groups is 1. The van der Waals surface area contributed by atoms with Crippen molar-refractivity contribution in [2.45, 2.75) is 26.4 Å². The van der Waals surface area contributed by atoms with Crippen molar-refractivity contribution in [3.05, 3.63) is 57.8 Å². The van der Waals surface area contributed by atoms with Crippen LogP contribution in [-0.2, 0) is 11.3 Å². The molecule has 20 heavy (non-hydrogen) atoms. The smallest absolute Gasteiger partial charge is 0.234 e. The summed E-state index contributed by atoms with van der Waals surface area (Å²) in [5, 5.41) is 6.16. The fraction of sp³-hybridized carbons (Fsp3) is 0.312. The first-order valence-corrected chi connectivity index (χ1v) is 7.57. The molecule has 0 aliphatic carbocycles. The Morgan fingerprint density at radius 1 is 1.20 bits per heavy atom. The van der Waals surface area contributed by atoms with Crippen LogP contribution in [0.5, 0.6) is 0 Å². The molecule has 0 aliphatic heterocycles. The highest BCUT2D eigenvalue weighted by Gasteiger charge is 2.09. The van der Waals surface area contributed by atoms with Crippen LogP contribution in [0, 0.1) is 6.92 Å². The summed E-state index contributed by atoms with van der Waals surface area (Å²) < 4.78 is 0. The van der Waals surface area contributed by atoms with Crippen molar-refractivity contribution < 1.29 is 4.79 Å². The van der Waals surface area contributed by atoms with E-state index in [0.29, 0.717) is 13.1 Å². The van der Waals surface area contributed by atoms with Gasteiger partial charge < -0.3 is 10.6 Å². The summed E-state index contributed by atoms with van der Waals surface area (Å²) in [6.45, 7) is 5.09. The molecule has 1 amide bonds. The Kier molecular flexibility index (Phi) is 5.32. The van der Waals surface area contributed by atoms with Crippen LogP contribution in [0.1, 0.15) is 28.3 Å². The molecule has 1 atom stereocenters. The molecule has 0 fully saturated rings. The maximum absolute atomic E-state index is 11.8. The SMILES string of the molecule is Cc1ccc(C(C)NCC(=O)NCc2ccccc2)s1. The van der Waals surface area contributed by atoms with Gasteiger partial charge in [0.2, 0.25) is 5.91 Å². The number of thiophene rings is 1. The van der Waals surface area contributed by atoms with Crippen LogP contribution in [0.15, 0.2) is 42.5 Å². The molecule has 1 unspecified atom stereocenters. The molecule has 0 aliphatic rings. The Morgan fingerprint density at radius 3 is 2.60 bits per heavy atom. The van der Waals surface area contributed by atoms with Crippen LogP contribution in [0.25, 0.3) is 0 Å². The van der Waals surface area contributed by atoms with Gasteiger partial charge in [-0.3, -0.25) is 4.79 Å². The molecular weight excluding hydrogens is 268 g/mol. The molecular formula is C16H20N2OS. The zero-order chi connectivity index (χ0) is 14.4. The molecule has 1 aromatic carbocycles. The number of nitrogens with one attached hydrogen (secondary N) is 2. The van der Waals surface area contributed by atoms with E-state index in [1.165, 1.54) is 9.75 Å². The average molecular weight is 288 g/mol. The Hall–Kier alpha value is -1.65. The molecule has 4 heteroatoms. The van der Waals surface area contributed by atoms with Gasteiger partial charge in [0.25, 0.3) is 0 Å². The van der Waals surface area contributed by atoms with Crippen LogP contribution in [0.4, 0.5) is 0 Å². The zero-order valence-corrected chi connectivity index (χ0v) is 12.7. The molecule has 1 aromatic heterocycles. The molecule has 2 aromatic rings. The molecule has 3 nitrogen and oxygen atoms in total. The monoisotopic (exact) mass is 288 g/mol. The third kappa shape index (κ3) is 4.47. The lowest BCUT2D eigenvalue weighted by atomic mass is 10.2. The fourth-order valence-corrected chi connectivity index (χ4v) is 2.80. The van der Waals surface area contributed by atoms with Crippen LogP contribution in [0.3, 0.4) is 0 Å². The van der Waals surface area contributed by atoms with Crippen molar-refractivity contribution in [3.8, 4) is 0 Å². The maximum Gasteiger partial charge on any atom is 0.234 e. The minimum absolute atomic E-state index is 0.0222. The summed E-state index contributed by atoms with van der Waals surface area (Å²) in [6.07, 6.45) is 0. The second-order valence-corrected chi connectivity index (χ2v) is 6.13. The first-order valence-electron chi connectivity index (χ1n) is 6.75. The minimum atomic E-state index is 0.0222. The van der Waals surface area contributed by atoms with Gasteiger partial charge in [-0.1, -0.05) is 30.3 Å². The van der Waals surface area contributed by atoms with E-state index < -0.39 is 0 Å². The summed E-state index contributed by atoms with van der Waals surface area (Å²) in [7, 11) is 0.